The van der Waals surface area contributed by atoms with Crippen LogP contribution >= 0.6 is 12.4 Å². The van der Waals surface area contributed by atoms with Crippen molar-refractivity contribution in [2.75, 3.05) is 46.5 Å². The molecule has 8 nitrogen and oxygen atoms in total. The third-order valence-electron chi connectivity index (χ3n) is 6.45. The summed E-state index contributed by atoms with van der Waals surface area (Å²) in [6.07, 6.45) is 1.30. The number of hydrogen-bond donors (Lipinski definition) is 2. The zero-order valence-electron chi connectivity index (χ0n) is 19.6. The predicted molar refractivity (Wildman–Crippen MR) is 132 cm³/mol. The van der Waals surface area contributed by atoms with E-state index in [0.717, 1.165) is 23.6 Å². The number of pyridine rings is 2. The van der Waals surface area contributed by atoms with Crippen molar-refractivity contribution >= 4 is 23.4 Å². The minimum Gasteiger partial charge on any atom is -0.486 e. The maximum atomic E-state index is 14.6. The molecule has 4 heterocycles. The van der Waals surface area contributed by atoms with Crippen molar-refractivity contribution in [3.05, 3.63) is 53.5 Å². The number of aliphatic hydroxyl groups excluding tert-OH is 1. The highest BCUT2D eigenvalue weighted by Crippen LogP contribution is 2.30. The van der Waals surface area contributed by atoms with E-state index in [2.05, 4.69) is 20.2 Å². The second-order valence-electron chi connectivity index (χ2n) is 8.75. The third-order valence-corrected chi connectivity index (χ3v) is 6.45. The van der Waals surface area contributed by atoms with Crippen LogP contribution in [0.3, 0.4) is 0 Å². The summed E-state index contributed by atoms with van der Waals surface area (Å²) in [5, 5.41) is 14.0. The second kappa shape index (κ2) is 11.3. The Hall–Kier alpha value is -2.72. The molecule has 1 aromatic carbocycles. The SMILES string of the molecule is COc1ccc2ncc(F)c(CCN3CC(O)C(CNCc4ccc5c(c4)OCCO5)C3)c2n1.Cl. The van der Waals surface area contributed by atoms with Gasteiger partial charge in [-0.05, 0) is 30.2 Å². The Morgan fingerprint density at radius 3 is 2.83 bits per heavy atom. The van der Waals surface area contributed by atoms with E-state index in [4.69, 9.17) is 14.2 Å². The van der Waals surface area contributed by atoms with E-state index in [9.17, 15) is 9.50 Å². The number of likely N-dealkylation sites (tertiary alicyclic amines) is 1. The van der Waals surface area contributed by atoms with Gasteiger partial charge >= 0.3 is 0 Å². The van der Waals surface area contributed by atoms with E-state index in [-0.39, 0.29) is 24.1 Å². The van der Waals surface area contributed by atoms with Gasteiger partial charge in [-0.2, -0.15) is 0 Å². The average Bonchev–Trinajstić information content (AvgIpc) is 3.22. The number of β-amino-alcohol motifs (C(OH)–C–C–N with tert-alkyl or cyclic N) is 1. The van der Waals surface area contributed by atoms with Gasteiger partial charge in [0.05, 0.1) is 30.4 Å². The van der Waals surface area contributed by atoms with Crippen molar-refractivity contribution in [2.24, 2.45) is 5.92 Å². The third kappa shape index (κ3) is 5.75. The number of nitrogens with zero attached hydrogens (tertiary/aromatic N) is 3. The molecule has 5 rings (SSSR count). The molecule has 2 aliphatic heterocycles. The number of halogens is 2. The number of methoxy groups -OCH3 is 1. The largest absolute Gasteiger partial charge is 0.486 e. The minimum absolute atomic E-state index is 0. The molecule has 2 atom stereocenters. The first kappa shape index (κ1) is 25.4. The molecule has 0 radical (unpaired) electrons. The molecule has 0 bridgehead atoms. The lowest BCUT2D eigenvalue weighted by Gasteiger charge is -2.19. The Balaban J connectivity index is 0.00000289. The van der Waals surface area contributed by atoms with Gasteiger partial charge in [0.1, 0.15) is 19.0 Å². The first-order valence-electron chi connectivity index (χ1n) is 11.6. The normalized spacial score (nSPS) is 19.5. The molecule has 1 saturated heterocycles. The van der Waals surface area contributed by atoms with Crippen LogP contribution in [0.5, 0.6) is 17.4 Å². The molecule has 3 aromatic rings. The highest BCUT2D eigenvalue weighted by Gasteiger charge is 2.31. The van der Waals surface area contributed by atoms with E-state index in [1.54, 1.807) is 12.1 Å². The zero-order valence-corrected chi connectivity index (χ0v) is 20.4. The predicted octanol–water partition coefficient (Wildman–Crippen LogP) is 2.60. The molecule has 2 N–H and O–H groups in total. The fourth-order valence-electron chi connectivity index (χ4n) is 4.62. The number of nitrogens with one attached hydrogen (secondary N) is 1. The quantitative estimate of drug-likeness (QED) is 0.484. The van der Waals surface area contributed by atoms with E-state index in [1.807, 2.05) is 18.2 Å². The molecule has 0 spiro atoms. The van der Waals surface area contributed by atoms with Crippen LogP contribution in [0, 0.1) is 11.7 Å². The molecule has 1 fully saturated rings. The number of ether oxygens (including phenoxy) is 3. The fourth-order valence-corrected chi connectivity index (χ4v) is 4.62. The number of rotatable bonds is 8. The monoisotopic (exact) mass is 504 g/mol. The Morgan fingerprint density at radius 1 is 1.17 bits per heavy atom. The van der Waals surface area contributed by atoms with Gasteiger partial charge in [0.15, 0.2) is 11.5 Å². The van der Waals surface area contributed by atoms with Gasteiger partial charge in [-0.25, -0.2) is 9.37 Å². The summed E-state index contributed by atoms with van der Waals surface area (Å²) >= 11 is 0. The zero-order chi connectivity index (χ0) is 23.5. The summed E-state index contributed by atoms with van der Waals surface area (Å²) in [6.45, 7) is 4.46. The molecule has 2 unspecified atom stereocenters. The molecule has 0 saturated carbocycles. The molecule has 35 heavy (non-hydrogen) atoms. The van der Waals surface area contributed by atoms with Gasteiger partial charge in [0.2, 0.25) is 5.88 Å². The number of fused-ring (bicyclic) bond motifs is 2. The second-order valence-corrected chi connectivity index (χ2v) is 8.75. The molecular weight excluding hydrogens is 475 g/mol. The number of aromatic nitrogens is 2. The molecule has 0 amide bonds. The summed E-state index contributed by atoms with van der Waals surface area (Å²) in [6, 6.07) is 9.46. The minimum atomic E-state index is -0.426. The smallest absolute Gasteiger partial charge is 0.213 e. The van der Waals surface area contributed by atoms with Crippen molar-refractivity contribution < 1.29 is 23.7 Å². The number of hydrogen-bond acceptors (Lipinski definition) is 8. The van der Waals surface area contributed by atoms with E-state index in [1.165, 1.54) is 13.3 Å². The average molecular weight is 505 g/mol. The van der Waals surface area contributed by atoms with E-state index < -0.39 is 6.10 Å². The Kier molecular flexibility index (Phi) is 8.22. The Morgan fingerprint density at radius 2 is 2.00 bits per heavy atom. The van der Waals surface area contributed by atoms with Crippen molar-refractivity contribution in [3.8, 4) is 17.4 Å². The van der Waals surface area contributed by atoms with Crippen LogP contribution in [0.15, 0.2) is 36.5 Å². The van der Waals surface area contributed by atoms with Crippen LogP contribution in [-0.4, -0.2) is 72.6 Å². The first-order chi connectivity index (χ1) is 16.6. The summed E-state index contributed by atoms with van der Waals surface area (Å²) in [5.41, 5.74) is 2.80. The first-order valence-corrected chi connectivity index (χ1v) is 11.6. The van der Waals surface area contributed by atoms with Crippen LogP contribution < -0.4 is 19.5 Å². The van der Waals surface area contributed by atoms with Gasteiger partial charge in [-0.1, -0.05) is 6.07 Å². The summed E-state index contributed by atoms with van der Waals surface area (Å²) < 4.78 is 31.0. The van der Waals surface area contributed by atoms with Crippen molar-refractivity contribution in [3.63, 3.8) is 0 Å². The molecular formula is C25H30ClFN4O4. The highest BCUT2D eigenvalue weighted by molar-refractivity contribution is 5.85. The van der Waals surface area contributed by atoms with E-state index >= 15 is 0 Å². The van der Waals surface area contributed by atoms with Crippen LogP contribution in [0.1, 0.15) is 11.1 Å². The van der Waals surface area contributed by atoms with Crippen molar-refractivity contribution in [1.29, 1.82) is 0 Å². The highest BCUT2D eigenvalue weighted by atomic mass is 35.5. The number of aliphatic hydroxyl groups is 1. The Bertz CT molecular complexity index is 1170. The summed E-state index contributed by atoms with van der Waals surface area (Å²) in [5.74, 6) is 1.73. The van der Waals surface area contributed by atoms with Gasteiger partial charge in [0.25, 0.3) is 0 Å². The molecule has 10 heteroatoms. The van der Waals surface area contributed by atoms with Gasteiger partial charge < -0.3 is 29.5 Å². The van der Waals surface area contributed by atoms with Crippen molar-refractivity contribution in [1.82, 2.24) is 20.2 Å². The molecule has 0 aliphatic carbocycles. The maximum absolute atomic E-state index is 14.6. The molecule has 2 aromatic heterocycles. The lowest BCUT2D eigenvalue weighted by molar-refractivity contribution is 0.140. The topological polar surface area (TPSA) is 89.0 Å². The Labute approximate surface area is 209 Å². The van der Waals surface area contributed by atoms with Crippen molar-refractivity contribution in [2.45, 2.75) is 19.1 Å². The van der Waals surface area contributed by atoms with Crippen LogP contribution in [0.4, 0.5) is 4.39 Å². The van der Waals surface area contributed by atoms with Crippen LogP contribution in [0.25, 0.3) is 11.0 Å². The van der Waals surface area contributed by atoms with Gasteiger partial charge in [0, 0.05) is 50.3 Å². The summed E-state index contributed by atoms with van der Waals surface area (Å²) in [4.78, 5) is 10.7. The van der Waals surface area contributed by atoms with Crippen LogP contribution in [-0.2, 0) is 13.0 Å². The lowest BCUT2D eigenvalue weighted by atomic mass is 10.1. The number of benzene rings is 1. The van der Waals surface area contributed by atoms with Gasteiger partial charge in [-0.15, -0.1) is 12.4 Å². The van der Waals surface area contributed by atoms with Gasteiger partial charge in [-0.3, -0.25) is 4.98 Å². The lowest BCUT2D eigenvalue weighted by Crippen LogP contribution is -2.30. The maximum Gasteiger partial charge on any atom is 0.213 e. The fraction of sp³-hybridized carbons (Fsp3) is 0.440. The molecule has 2 aliphatic rings. The van der Waals surface area contributed by atoms with E-state index in [0.29, 0.717) is 68.3 Å². The standard InChI is InChI=1S/C25H29FN4O4.ClH/c1-32-24-5-3-20-25(29-24)18(19(26)13-28-20)6-7-30-14-17(21(31)15-30)12-27-11-16-2-4-22-23(10-16)34-9-8-33-22;/h2-5,10,13,17,21,27,31H,6-9,11-12,14-15H2,1H3;1H. The van der Waals surface area contributed by atoms with Crippen LogP contribution in [0.2, 0.25) is 0 Å². The summed E-state index contributed by atoms with van der Waals surface area (Å²) in [7, 11) is 1.54. The molecule has 188 valence electrons.